The van der Waals surface area contributed by atoms with Crippen LogP contribution >= 0.6 is 0 Å². The highest BCUT2D eigenvalue weighted by atomic mass is 19.2. The summed E-state index contributed by atoms with van der Waals surface area (Å²) < 4.78 is 44.8. The Hall–Kier alpha value is -4.26. The van der Waals surface area contributed by atoms with Gasteiger partial charge < -0.3 is 19.5 Å². The zero-order valence-electron chi connectivity index (χ0n) is 16.8. The largest absolute Gasteiger partial charge is 0.493 e. The zero-order chi connectivity index (χ0) is 22.1. The molecule has 0 spiro atoms. The summed E-state index contributed by atoms with van der Waals surface area (Å²) in [5.74, 6) is -0.325. The van der Waals surface area contributed by atoms with Crippen molar-refractivity contribution in [2.45, 2.75) is 0 Å². The van der Waals surface area contributed by atoms with Crippen molar-refractivity contribution in [2.24, 2.45) is 0 Å². The van der Waals surface area contributed by atoms with Gasteiger partial charge in [-0.25, -0.2) is 18.3 Å². The maximum atomic E-state index is 13.7. The fourth-order valence-electron chi connectivity index (χ4n) is 3.25. The van der Waals surface area contributed by atoms with E-state index in [9.17, 15) is 14.0 Å². The number of nitrogens with zero attached hydrogens (tertiary/aromatic N) is 3. The summed E-state index contributed by atoms with van der Waals surface area (Å²) in [5, 5.41) is 15.4. The Morgan fingerprint density at radius 3 is 2.32 bits per heavy atom. The van der Waals surface area contributed by atoms with Crippen LogP contribution in [0.5, 0.6) is 17.2 Å². The van der Waals surface area contributed by atoms with E-state index in [1.165, 1.54) is 33.6 Å². The predicted molar refractivity (Wildman–Crippen MR) is 109 cm³/mol. The lowest BCUT2D eigenvalue weighted by Gasteiger charge is -2.14. The van der Waals surface area contributed by atoms with Crippen LogP contribution in [0.1, 0.15) is 5.56 Å². The second-order valence-electron chi connectivity index (χ2n) is 6.43. The minimum atomic E-state index is -0.996. The Balaban J connectivity index is 1.94. The van der Waals surface area contributed by atoms with Crippen LogP contribution in [-0.2, 0) is 0 Å². The Kier molecular flexibility index (Phi) is 5.09. The standard InChI is InChI=1S/C21H17F2N5O3/c1-29-16-6-11(7-17(30-2)19(16)31-3)18-21(26-13-4-5-14(22)15(23)8-13)28-20(27-18)12(9-24)10-25-28/h4-8,10,25-26H,1-3H3. The number of H-pyrrole nitrogens is 1. The minimum absolute atomic E-state index is 0.294. The van der Waals surface area contributed by atoms with Gasteiger partial charge in [-0.3, -0.25) is 5.10 Å². The molecule has 0 unspecified atom stereocenters. The number of aromatic nitrogens is 3. The van der Waals surface area contributed by atoms with Crippen molar-refractivity contribution >= 4 is 17.2 Å². The summed E-state index contributed by atoms with van der Waals surface area (Å²) in [6, 6.07) is 8.91. The van der Waals surface area contributed by atoms with E-state index in [0.717, 1.165) is 12.1 Å². The molecule has 158 valence electrons. The SMILES string of the molecule is COc1cc(-c2nc3c(C#N)c[nH]n3c2Nc2ccc(F)c(F)c2)cc(OC)c1OC. The minimum Gasteiger partial charge on any atom is -0.493 e. The van der Waals surface area contributed by atoms with E-state index >= 15 is 0 Å². The maximum Gasteiger partial charge on any atom is 0.203 e. The number of methoxy groups -OCH3 is 3. The topological polar surface area (TPSA) is 96.6 Å². The lowest BCUT2D eigenvalue weighted by molar-refractivity contribution is 0.324. The van der Waals surface area contributed by atoms with E-state index < -0.39 is 11.6 Å². The van der Waals surface area contributed by atoms with Crippen LogP contribution in [0.15, 0.2) is 36.5 Å². The molecule has 0 saturated heterocycles. The molecule has 0 aliphatic carbocycles. The van der Waals surface area contributed by atoms with Gasteiger partial charge >= 0.3 is 0 Å². The van der Waals surface area contributed by atoms with Crippen LogP contribution in [-0.4, -0.2) is 35.9 Å². The Morgan fingerprint density at radius 1 is 1.03 bits per heavy atom. The first-order chi connectivity index (χ1) is 15.0. The number of halogens is 2. The van der Waals surface area contributed by atoms with E-state index in [1.807, 2.05) is 0 Å². The van der Waals surface area contributed by atoms with Crippen LogP contribution in [0.3, 0.4) is 0 Å². The zero-order valence-corrected chi connectivity index (χ0v) is 16.8. The van der Waals surface area contributed by atoms with E-state index in [2.05, 4.69) is 21.5 Å². The Labute approximate surface area is 175 Å². The number of aromatic amines is 1. The van der Waals surface area contributed by atoms with Gasteiger partial charge in [0.15, 0.2) is 34.6 Å². The van der Waals surface area contributed by atoms with Crippen molar-refractivity contribution in [3.8, 4) is 34.6 Å². The number of nitrogens with one attached hydrogen (secondary N) is 2. The second kappa shape index (κ2) is 7.87. The number of anilines is 2. The summed E-state index contributed by atoms with van der Waals surface area (Å²) in [6.45, 7) is 0. The summed E-state index contributed by atoms with van der Waals surface area (Å²) in [7, 11) is 4.48. The normalized spacial score (nSPS) is 10.7. The van der Waals surface area contributed by atoms with Gasteiger partial charge in [-0.2, -0.15) is 5.26 Å². The molecule has 2 aromatic carbocycles. The lowest BCUT2D eigenvalue weighted by atomic mass is 10.1. The highest BCUT2D eigenvalue weighted by Crippen LogP contribution is 2.43. The molecule has 0 fully saturated rings. The first kappa shape index (κ1) is 20.0. The predicted octanol–water partition coefficient (Wildman–Crippen LogP) is 4.25. The number of benzene rings is 2. The van der Waals surface area contributed by atoms with Gasteiger partial charge in [0.05, 0.1) is 21.3 Å². The van der Waals surface area contributed by atoms with Gasteiger partial charge in [0.25, 0.3) is 0 Å². The van der Waals surface area contributed by atoms with Gasteiger partial charge in [-0.15, -0.1) is 0 Å². The molecule has 8 nitrogen and oxygen atoms in total. The highest BCUT2D eigenvalue weighted by molar-refractivity contribution is 5.83. The maximum absolute atomic E-state index is 13.7. The molecule has 2 heterocycles. The summed E-state index contributed by atoms with van der Waals surface area (Å²) in [5.41, 5.74) is 1.97. The van der Waals surface area contributed by atoms with Crippen molar-refractivity contribution in [3.05, 3.63) is 53.7 Å². The first-order valence-electron chi connectivity index (χ1n) is 9.03. The van der Waals surface area contributed by atoms with Crippen LogP contribution in [0.25, 0.3) is 16.9 Å². The van der Waals surface area contributed by atoms with Crippen LogP contribution < -0.4 is 19.5 Å². The number of ether oxygens (including phenoxy) is 3. The monoisotopic (exact) mass is 425 g/mol. The van der Waals surface area contributed by atoms with Crippen LogP contribution in [0.2, 0.25) is 0 Å². The molecule has 0 bridgehead atoms. The average Bonchev–Trinajstić information content (AvgIpc) is 3.34. The molecule has 10 heteroatoms. The fourth-order valence-corrected chi connectivity index (χ4v) is 3.25. The van der Waals surface area contributed by atoms with Crippen molar-refractivity contribution in [2.75, 3.05) is 26.6 Å². The van der Waals surface area contributed by atoms with E-state index in [4.69, 9.17) is 14.2 Å². The molecule has 31 heavy (non-hydrogen) atoms. The Morgan fingerprint density at radius 2 is 1.74 bits per heavy atom. The molecular formula is C21H17F2N5O3. The molecular weight excluding hydrogens is 408 g/mol. The van der Waals surface area contributed by atoms with Crippen LogP contribution in [0, 0.1) is 23.0 Å². The number of hydrogen-bond acceptors (Lipinski definition) is 6. The van der Waals surface area contributed by atoms with Crippen LogP contribution in [0.4, 0.5) is 20.3 Å². The number of hydrogen-bond donors (Lipinski definition) is 2. The third-order valence-corrected chi connectivity index (χ3v) is 4.70. The van der Waals surface area contributed by atoms with E-state index in [0.29, 0.717) is 51.2 Å². The second-order valence-corrected chi connectivity index (χ2v) is 6.43. The summed E-state index contributed by atoms with van der Waals surface area (Å²) in [4.78, 5) is 4.58. The summed E-state index contributed by atoms with van der Waals surface area (Å²) in [6.07, 6.45) is 1.50. The third kappa shape index (κ3) is 3.36. The lowest BCUT2D eigenvalue weighted by Crippen LogP contribution is -2.00. The van der Waals surface area contributed by atoms with Gasteiger partial charge in [0, 0.05) is 23.5 Å². The molecule has 4 rings (SSSR count). The number of imidazole rings is 1. The first-order valence-corrected chi connectivity index (χ1v) is 9.03. The van der Waals surface area contributed by atoms with Crippen molar-refractivity contribution in [3.63, 3.8) is 0 Å². The molecule has 0 aliphatic heterocycles. The van der Waals surface area contributed by atoms with Gasteiger partial charge in [-0.1, -0.05) is 0 Å². The van der Waals surface area contributed by atoms with E-state index in [1.54, 1.807) is 16.6 Å². The van der Waals surface area contributed by atoms with Gasteiger partial charge in [0.2, 0.25) is 5.75 Å². The molecule has 2 N–H and O–H groups in total. The molecule has 2 aromatic heterocycles. The average molecular weight is 425 g/mol. The molecule has 0 amide bonds. The highest BCUT2D eigenvalue weighted by Gasteiger charge is 2.22. The van der Waals surface area contributed by atoms with Crippen molar-refractivity contribution in [1.82, 2.24) is 14.6 Å². The van der Waals surface area contributed by atoms with Gasteiger partial charge in [-0.05, 0) is 24.3 Å². The Bertz CT molecular complexity index is 1300. The van der Waals surface area contributed by atoms with E-state index in [-0.39, 0.29) is 0 Å². The quantitative estimate of drug-likeness (QED) is 0.480. The smallest absolute Gasteiger partial charge is 0.203 e. The van der Waals surface area contributed by atoms with Crippen molar-refractivity contribution in [1.29, 1.82) is 5.26 Å². The van der Waals surface area contributed by atoms with Crippen molar-refractivity contribution < 1.29 is 23.0 Å². The molecule has 0 aliphatic rings. The number of rotatable bonds is 6. The molecule has 4 aromatic rings. The summed E-state index contributed by atoms with van der Waals surface area (Å²) >= 11 is 0. The number of nitriles is 1. The number of fused-ring (bicyclic) bond motifs is 1. The van der Waals surface area contributed by atoms with Gasteiger partial charge in [0.1, 0.15) is 17.3 Å². The fraction of sp³-hybridized carbons (Fsp3) is 0.143. The molecule has 0 saturated carbocycles. The third-order valence-electron chi connectivity index (χ3n) is 4.70. The molecule has 0 radical (unpaired) electrons. The molecule has 0 atom stereocenters.